The molecule has 170 valence electrons. The smallest absolute Gasteiger partial charge is 0.191 e. The number of aromatic nitrogens is 1. The Kier molecular flexibility index (Phi) is 7.80. The molecule has 0 spiro atoms. The van der Waals surface area contributed by atoms with E-state index in [1.165, 1.54) is 33.3 Å². The number of rotatable bonds is 8. The van der Waals surface area contributed by atoms with Crippen LogP contribution in [-0.2, 0) is 29.0 Å². The maximum absolute atomic E-state index is 6.06. The number of guanidine groups is 1. The molecular formula is C26H34N4O2. The lowest BCUT2D eigenvalue weighted by Gasteiger charge is -2.22. The van der Waals surface area contributed by atoms with Crippen LogP contribution in [0, 0.1) is 6.92 Å². The molecule has 3 N–H and O–H groups in total. The predicted molar refractivity (Wildman–Crippen MR) is 130 cm³/mol. The molecule has 0 atom stereocenters. The molecule has 0 bridgehead atoms. The summed E-state index contributed by atoms with van der Waals surface area (Å²) in [7, 11) is 1.81. The van der Waals surface area contributed by atoms with E-state index in [2.05, 4.69) is 76.1 Å². The largest absolute Gasteiger partial charge is 0.381 e. The summed E-state index contributed by atoms with van der Waals surface area (Å²) >= 11 is 0. The first-order valence-corrected chi connectivity index (χ1v) is 11.5. The molecule has 32 heavy (non-hydrogen) atoms. The lowest BCUT2D eigenvalue weighted by atomic mass is 10.1. The Labute approximate surface area is 190 Å². The van der Waals surface area contributed by atoms with Gasteiger partial charge in [0.25, 0.3) is 0 Å². The molecule has 2 heterocycles. The monoisotopic (exact) mass is 434 g/mol. The predicted octanol–water partition coefficient (Wildman–Crippen LogP) is 4.08. The summed E-state index contributed by atoms with van der Waals surface area (Å²) in [5.41, 5.74) is 6.21. The van der Waals surface area contributed by atoms with E-state index in [0.717, 1.165) is 51.5 Å². The molecule has 6 nitrogen and oxygen atoms in total. The van der Waals surface area contributed by atoms with E-state index in [9.17, 15) is 0 Å². The fourth-order valence-electron chi connectivity index (χ4n) is 4.26. The average molecular weight is 435 g/mol. The number of ether oxygens (including phenoxy) is 2. The van der Waals surface area contributed by atoms with Gasteiger partial charge in [0.2, 0.25) is 0 Å². The Balaban J connectivity index is 1.25. The van der Waals surface area contributed by atoms with Crippen molar-refractivity contribution in [3.8, 4) is 0 Å². The zero-order valence-corrected chi connectivity index (χ0v) is 19.1. The van der Waals surface area contributed by atoms with Gasteiger partial charge in [0.15, 0.2) is 5.96 Å². The van der Waals surface area contributed by atoms with Crippen molar-refractivity contribution in [2.24, 2.45) is 4.99 Å². The van der Waals surface area contributed by atoms with Gasteiger partial charge in [-0.25, -0.2) is 0 Å². The molecule has 1 saturated heterocycles. The maximum atomic E-state index is 6.06. The molecule has 4 rings (SSSR count). The number of para-hydroxylation sites is 1. The third-order valence-electron chi connectivity index (χ3n) is 6.02. The summed E-state index contributed by atoms with van der Waals surface area (Å²) in [6.07, 6.45) is 3.23. The topological polar surface area (TPSA) is 70.7 Å². The number of aryl methyl sites for hydroxylation is 1. The fraction of sp³-hybridized carbons (Fsp3) is 0.423. The number of nitrogens with zero attached hydrogens (tertiary/aromatic N) is 1. The SMILES string of the molecule is CN=C(NCCc1c(C)[nH]c2ccccc12)NCc1cccc(COC2CCOCC2)c1. The Morgan fingerprint density at radius 3 is 2.75 bits per heavy atom. The van der Waals surface area contributed by atoms with Gasteiger partial charge in [-0.1, -0.05) is 42.5 Å². The first kappa shape index (κ1) is 22.4. The minimum Gasteiger partial charge on any atom is -0.381 e. The van der Waals surface area contributed by atoms with Gasteiger partial charge in [0.05, 0.1) is 12.7 Å². The quantitative estimate of drug-likeness (QED) is 0.369. The van der Waals surface area contributed by atoms with Crippen LogP contribution in [-0.4, -0.2) is 43.9 Å². The summed E-state index contributed by atoms with van der Waals surface area (Å²) in [5, 5.41) is 8.17. The van der Waals surface area contributed by atoms with E-state index in [1.807, 2.05) is 7.05 Å². The summed E-state index contributed by atoms with van der Waals surface area (Å²) in [5.74, 6) is 0.811. The number of H-pyrrole nitrogens is 1. The lowest BCUT2D eigenvalue weighted by Crippen LogP contribution is -2.37. The molecule has 0 amide bonds. The Morgan fingerprint density at radius 1 is 1.09 bits per heavy atom. The minimum atomic E-state index is 0.314. The molecular weight excluding hydrogens is 400 g/mol. The van der Waals surface area contributed by atoms with Crippen LogP contribution in [0.25, 0.3) is 10.9 Å². The van der Waals surface area contributed by atoms with Crippen LogP contribution in [0.3, 0.4) is 0 Å². The molecule has 1 aliphatic rings. The van der Waals surface area contributed by atoms with Gasteiger partial charge in [0, 0.05) is 49.9 Å². The summed E-state index contributed by atoms with van der Waals surface area (Å²) in [6.45, 7) is 5.94. The Hall–Kier alpha value is -2.83. The zero-order chi connectivity index (χ0) is 22.2. The van der Waals surface area contributed by atoms with Crippen LogP contribution in [0.2, 0.25) is 0 Å². The third kappa shape index (κ3) is 5.90. The van der Waals surface area contributed by atoms with Crippen LogP contribution >= 0.6 is 0 Å². The van der Waals surface area contributed by atoms with Crippen LogP contribution in [0.5, 0.6) is 0 Å². The van der Waals surface area contributed by atoms with Crippen molar-refractivity contribution >= 4 is 16.9 Å². The van der Waals surface area contributed by atoms with Crippen molar-refractivity contribution in [3.63, 3.8) is 0 Å². The number of nitrogens with one attached hydrogen (secondary N) is 3. The second kappa shape index (κ2) is 11.2. The molecule has 0 saturated carbocycles. The van der Waals surface area contributed by atoms with Gasteiger partial charge in [-0.3, -0.25) is 4.99 Å². The lowest BCUT2D eigenvalue weighted by molar-refractivity contribution is -0.0390. The first-order chi connectivity index (χ1) is 15.7. The Morgan fingerprint density at radius 2 is 1.91 bits per heavy atom. The molecule has 0 unspecified atom stereocenters. The number of hydrogen-bond acceptors (Lipinski definition) is 3. The highest BCUT2D eigenvalue weighted by Gasteiger charge is 2.14. The highest BCUT2D eigenvalue weighted by Crippen LogP contribution is 2.22. The van der Waals surface area contributed by atoms with Gasteiger partial charge in [-0.2, -0.15) is 0 Å². The van der Waals surface area contributed by atoms with E-state index >= 15 is 0 Å². The van der Waals surface area contributed by atoms with Crippen molar-refractivity contribution in [1.82, 2.24) is 15.6 Å². The first-order valence-electron chi connectivity index (χ1n) is 11.5. The second-order valence-corrected chi connectivity index (χ2v) is 8.32. The van der Waals surface area contributed by atoms with Gasteiger partial charge >= 0.3 is 0 Å². The van der Waals surface area contributed by atoms with Crippen LogP contribution in [0.4, 0.5) is 0 Å². The highest BCUT2D eigenvalue weighted by atomic mass is 16.5. The van der Waals surface area contributed by atoms with Crippen molar-refractivity contribution in [3.05, 3.63) is 70.9 Å². The molecule has 0 aliphatic carbocycles. The zero-order valence-electron chi connectivity index (χ0n) is 19.1. The third-order valence-corrected chi connectivity index (χ3v) is 6.02. The van der Waals surface area contributed by atoms with Crippen LogP contribution in [0.15, 0.2) is 53.5 Å². The standard InChI is InChI=1S/C26H34N4O2/c1-19-23(24-8-3-4-9-25(24)30-19)10-13-28-26(27-2)29-17-20-6-5-7-21(16-20)18-32-22-11-14-31-15-12-22/h3-9,16,22,30H,10-15,17-18H2,1-2H3,(H2,27,28,29). The van der Waals surface area contributed by atoms with E-state index in [4.69, 9.17) is 9.47 Å². The number of fused-ring (bicyclic) bond motifs is 1. The van der Waals surface area contributed by atoms with Gasteiger partial charge in [0.1, 0.15) is 0 Å². The van der Waals surface area contributed by atoms with Crippen LogP contribution < -0.4 is 10.6 Å². The van der Waals surface area contributed by atoms with E-state index < -0.39 is 0 Å². The molecule has 1 aromatic heterocycles. The molecule has 1 fully saturated rings. The van der Waals surface area contributed by atoms with Crippen molar-refractivity contribution in [2.45, 2.75) is 45.4 Å². The van der Waals surface area contributed by atoms with Crippen molar-refractivity contribution in [1.29, 1.82) is 0 Å². The van der Waals surface area contributed by atoms with E-state index in [1.54, 1.807) is 0 Å². The Bertz CT molecular complexity index is 1040. The maximum Gasteiger partial charge on any atom is 0.191 e. The van der Waals surface area contributed by atoms with E-state index in [0.29, 0.717) is 12.7 Å². The van der Waals surface area contributed by atoms with Gasteiger partial charge in [-0.15, -0.1) is 0 Å². The summed E-state index contributed by atoms with van der Waals surface area (Å²) in [4.78, 5) is 7.85. The number of aromatic amines is 1. The van der Waals surface area contributed by atoms with Crippen molar-refractivity contribution < 1.29 is 9.47 Å². The summed E-state index contributed by atoms with van der Waals surface area (Å²) < 4.78 is 11.5. The average Bonchev–Trinajstić information content (AvgIpc) is 3.16. The minimum absolute atomic E-state index is 0.314. The van der Waals surface area contributed by atoms with E-state index in [-0.39, 0.29) is 0 Å². The number of benzene rings is 2. The molecule has 0 radical (unpaired) electrons. The highest BCUT2D eigenvalue weighted by molar-refractivity contribution is 5.84. The summed E-state index contributed by atoms with van der Waals surface area (Å²) in [6, 6.07) is 17.0. The van der Waals surface area contributed by atoms with Crippen LogP contribution in [0.1, 0.15) is 35.2 Å². The molecule has 1 aliphatic heterocycles. The molecule has 6 heteroatoms. The van der Waals surface area contributed by atoms with Gasteiger partial charge in [-0.05, 0) is 48.9 Å². The second-order valence-electron chi connectivity index (χ2n) is 8.32. The number of hydrogen-bond donors (Lipinski definition) is 3. The van der Waals surface area contributed by atoms with Crippen molar-refractivity contribution in [2.75, 3.05) is 26.8 Å². The normalized spacial score (nSPS) is 15.2. The molecule has 3 aromatic rings. The number of aliphatic imine (C=N–C) groups is 1. The fourth-order valence-corrected chi connectivity index (χ4v) is 4.26. The van der Waals surface area contributed by atoms with Gasteiger partial charge < -0.3 is 25.1 Å². The molecule has 2 aromatic carbocycles.